The maximum Gasteiger partial charge on any atom is 2.00 e. The van der Waals surface area contributed by atoms with Crippen molar-refractivity contribution in [2.45, 2.75) is 26.7 Å². The van der Waals surface area contributed by atoms with Crippen molar-refractivity contribution >= 4 is 0 Å². The van der Waals surface area contributed by atoms with Gasteiger partial charge in [0.2, 0.25) is 0 Å². The maximum absolute atomic E-state index is 3.76. The Labute approximate surface area is 76.0 Å². The van der Waals surface area contributed by atoms with Gasteiger partial charge in [-0.3, -0.25) is 0 Å². The summed E-state index contributed by atoms with van der Waals surface area (Å²) in [5.74, 6) is 0.824. The summed E-state index contributed by atoms with van der Waals surface area (Å²) in [6.07, 6.45) is 2.35. The molecule has 0 aliphatic carbocycles. The van der Waals surface area contributed by atoms with E-state index in [1.807, 2.05) is 0 Å². The molecule has 0 aromatic carbocycles. The van der Waals surface area contributed by atoms with Crippen LogP contribution in [0.25, 0.3) is 0 Å². The summed E-state index contributed by atoms with van der Waals surface area (Å²) >= 11 is 0. The van der Waals surface area contributed by atoms with Crippen LogP contribution in [0.15, 0.2) is 0 Å². The summed E-state index contributed by atoms with van der Waals surface area (Å²) in [7, 11) is 0. The topological polar surface area (TPSA) is 0 Å². The fourth-order valence-electron chi connectivity index (χ4n) is 0.204. The molecule has 0 spiro atoms. The van der Waals surface area contributed by atoms with Crippen LogP contribution in [-0.4, -0.2) is 0 Å². The minimum atomic E-state index is 0. The van der Waals surface area contributed by atoms with E-state index in [2.05, 4.69) is 20.8 Å². The van der Waals surface area contributed by atoms with Crippen molar-refractivity contribution in [3.63, 3.8) is 0 Å². The van der Waals surface area contributed by atoms with Crippen LogP contribution in [0.5, 0.6) is 0 Å². The average molecular weight is 230 g/mol. The third kappa shape index (κ3) is 10.2. The molecule has 8 heavy (non-hydrogen) atoms. The van der Waals surface area contributed by atoms with Crippen LogP contribution in [0.2, 0.25) is 0 Å². The van der Waals surface area contributed by atoms with Crippen molar-refractivity contribution in [1.29, 1.82) is 0 Å². The first-order valence-electron chi connectivity index (χ1n) is 2.60. The molecule has 2 heteroatoms. The number of halogens is 1. The predicted octanol–water partition coefficient (Wildman–Crippen LogP) is -0.742. The molecule has 0 aromatic rings. The first-order valence-corrected chi connectivity index (χ1v) is 2.60. The molecule has 0 N–H and O–H groups in total. The van der Waals surface area contributed by atoms with Crippen LogP contribution in [-0.2, 0) is 19.5 Å². The summed E-state index contributed by atoms with van der Waals surface area (Å²) in [6.45, 7) is 8.16. The van der Waals surface area contributed by atoms with E-state index in [0.29, 0.717) is 0 Å². The molecule has 0 aromatic heterocycles. The average Bonchev–Trinajstić information content (AvgIpc) is 1.65. The van der Waals surface area contributed by atoms with Crippen LogP contribution >= 0.6 is 0 Å². The molecular weight excluding hydrogens is 217 g/mol. The van der Waals surface area contributed by atoms with Gasteiger partial charge < -0.3 is 23.9 Å². The molecule has 0 amide bonds. The van der Waals surface area contributed by atoms with Gasteiger partial charge in [-0.2, -0.15) is 6.42 Å². The molecule has 0 fully saturated rings. The van der Waals surface area contributed by atoms with E-state index in [4.69, 9.17) is 0 Å². The van der Waals surface area contributed by atoms with E-state index < -0.39 is 0 Å². The molecule has 0 saturated carbocycles. The quantitative estimate of drug-likeness (QED) is 0.433. The van der Waals surface area contributed by atoms with Gasteiger partial charge in [0.25, 0.3) is 0 Å². The summed E-state index contributed by atoms with van der Waals surface area (Å²) in [4.78, 5) is 0. The van der Waals surface area contributed by atoms with Crippen LogP contribution in [0.4, 0.5) is 0 Å². The molecule has 1 unspecified atom stereocenters. The van der Waals surface area contributed by atoms with Crippen LogP contribution < -0.4 is 17.0 Å². The zero-order valence-corrected chi connectivity index (χ0v) is 10.3. The first-order chi connectivity index (χ1) is 2.81. The van der Waals surface area contributed by atoms with Gasteiger partial charge in [-0.05, 0) is 0 Å². The fourth-order valence-corrected chi connectivity index (χ4v) is 0.204. The predicted molar refractivity (Wildman–Crippen MR) is 29.4 cm³/mol. The fraction of sp³-hybridized carbons (Fsp3) is 0.833. The molecule has 0 heterocycles. The zero-order valence-electron chi connectivity index (χ0n) is 5.78. The van der Waals surface area contributed by atoms with E-state index in [1.165, 1.54) is 6.42 Å². The van der Waals surface area contributed by atoms with Crippen molar-refractivity contribution in [1.82, 2.24) is 0 Å². The standard InChI is InChI=1S/C6H13.BrH.Zn/c1-4-6(3)5-2;;/h6H,1,4-5H2,2-3H3;1H;/q-1;;+2/p-1. The third-order valence-electron chi connectivity index (χ3n) is 1.19. The van der Waals surface area contributed by atoms with E-state index in [0.717, 1.165) is 12.3 Å². The van der Waals surface area contributed by atoms with E-state index in [-0.39, 0.29) is 36.5 Å². The van der Waals surface area contributed by atoms with Crippen molar-refractivity contribution in [2.75, 3.05) is 0 Å². The largest absolute Gasteiger partial charge is 2.00 e. The second kappa shape index (κ2) is 11.0. The Balaban J connectivity index is -0.000000125. The number of hydrogen-bond donors (Lipinski definition) is 0. The zero-order chi connectivity index (χ0) is 4.99. The Bertz CT molecular complexity index is 27.7. The molecule has 1 atom stereocenters. The molecular formula is C6H13BrZn. The van der Waals surface area contributed by atoms with Gasteiger partial charge in [0.15, 0.2) is 0 Å². The van der Waals surface area contributed by atoms with Gasteiger partial charge in [-0.25, -0.2) is 0 Å². The Hall–Kier alpha value is 1.10. The summed E-state index contributed by atoms with van der Waals surface area (Å²) in [5, 5.41) is 0. The smallest absolute Gasteiger partial charge is 1.00 e. The third-order valence-corrected chi connectivity index (χ3v) is 1.19. The Kier molecular flexibility index (Phi) is 22.0. The summed E-state index contributed by atoms with van der Waals surface area (Å²) < 4.78 is 0. The van der Waals surface area contributed by atoms with Crippen LogP contribution in [0.1, 0.15) is 26.7 Å². The van der Waals surface area contributed by atoms with Gasteiger partial charge in [-0.1, -0.05) is 26.2 Å². The summed E-state index contributed by atoms with van der Waals surface area (Å²) in [5.41, 5.74) is 0. The molecule has 0 bridgehead atoms. The normalized spacial score (nSPS) is 10.9. The monoisotopic (exact) mass is 228 g/mol. The SMILES string of the molecule is [Br-].[CH2-]CC(C)CC.[Zn+2]. The Morgan fingerprint density at radius 3 is 1.88 bits per heavy atom. The number of rotatable bonds is 2. The first kappa shape index (κ1) is 16.0. The molecule has 46 valence electrons. The minimum absolute atomic E-state index is 0. The maximum atomic E-state index is 3.76. The second-order valence-corrected chi connectivity index (χ2v) is 1.80. The molecule has 0 rings (SSSR count). The molecule has 0 nitrogen and oxygen atoms in total. The van der Waals surface area contributed by atoms with Gasteiger partial charge in [0.05, 0.1) is 0 Å². The summed E-state index contributed by atoms with van der Waals surface area (Å²) in [6, 6.07) is 0. The van der Waals surface area contributed by atoms with Gasteiger partial charge in [-0.15, -0.1) is 0 Å². The van der Waals surface area contributed by atoms with Crippen molar-refractivity contribution in [3.05, 3.63) is 6.92 Å². The molecule has 0 aliphatic rings. The number of hydrogen-bond acceptors (Lipinski definition) is 0. The van der Waals surface area contributed by atoms with Gasteiger partial charge >= 0.3 is 19.5 Å². The van der Waals surface area contributed by atoms with E-state index in [9.17, 15) is 0 Å². The van der Waals surface area contributed by atoms with Crippen LogP contribution in [0.3, 0.4) is 0 Å². The van der Waals surface area contributed by atoms with Gasteiger partial charge in [0.1, 0.15) is 0 Å². The molecule has 0 saturated heterocycles. The Morgan fingerprint density at radius 2 is 1.88 bits per heavy atom. The van der Waals surface area contributed by atoms with Gasteiger partial charge in [0, 0.05) is 0 Å². The Morgan fingerprint density at radius 1 is 1.50 bits per heavy atom. The van der Waals surface area contributed by atoms with Crippen molar-refractivity contribution in [3.8, 4) is 0 Å². The van der Waals surface area contributed by atoms with Crippen LogP contribution in [0, 0.1) is 12.8 Å². The van der Waals surface area contributed by atoms with Crippen molar-refractivity contribution < 1.29 is 36.5 Å². The van der Waals surface area contributed by atoms with E-state index in [1.54, 1.807) is 0 Å². The van der Waals surface area contributed by atoms with Crippen molar-refractivity contribution in [2.24, 2.45) is 5.92 Å². The minimum Gasteiger partial charge on any atom is -1.00 e. The second-order valence-electron chi connectivity index (χ2n) is 1.80. The van der Waals surface area contributed by atoms with E-state index >= 15 is 0 Å². The molecule has 0 aliphatic heterocycles. The molecule has 0 radical (unpaired) electrons.